The van der Waals surface area contributed by atoms with Crippen molar-refractivity contribution in [1.29, 1.82) is 0 Å². The molecule has 1 unspecified atom stereocenters. The van der Waals surface area contributed by atoms with Crippen LogP contribution in [0.3, 0.4) is 0 Å². The monoisotopic (exact) mass is 628 g/mol. The molecule has 48 heavy (non-hydrogen) atoms. The highest BCUT2D eigenvalue weighted by molar-refractivity contribution is 6.62. The van der Waals surface area contributed by atoms with E-state index in [-0.39, 0.29) is 11.5 Å². The number of fused-ring (bicyclic) bond motifs is 3. The van der Waals surface area contributed by atoms with Gasteiger partial charge in [-0.1, -0.05) is 123 Å². The van der Waals surface area contributed by atoms with Crippen molar-refractivity contribution >= 4 is 24.1 Å². The van der Waals surface area contributed by atoms with Crippen molar-refractivity contribution in [2.75, 3.05) is 0 Å². The van der Waals surface area contributed by atoms with Crippen molar-refractivity contribution in [3.63, 3.8) is 0 Å². The maximum Gasteiger partial charge on any atom is 0.494 e. The molecule has 1 atom stereocenters. The molecule has 1 aliphatic carbocycles. The number of aliphatic imine (C=N–C) groups is 1. The van der Waals surface area contributed by atoms with E-state index in [2.05, 4.69) is 168 Å². The van der Waals surface area contributed by atoms with Crippen LogP contribution in [0.1, 0.15) is 75.4 Å². The molecule has 0 radical (unpaired) electrons. The summed E-state index contributed by atoms with van der Waals surface area (Å²) < 4.78 is 12.8. The second-order valence-electron chi connectivity index (χ2n) is 14.8. The van der Waals surface area contributed by atoms with Gasteiger partial charge in [-0.05, 0) is 95.9 Å². The van der Waals surface area contributed by atoms with Crippen molar-refractivity contribution in [2.24, 2.45) is 4.99 Å². The van der Waals surface area contributed by atoms with E-state index in [0.29, 0.717) is 0 Å². The molecule has 2 heterocycles. The highest BCUT2D eigenvalue weighted by Gasteiger charge is 2.51. The average Bonchev–Trinajstić information content (AvgIpc) is 3.48. The van der Waals surface area contributed by atoms with Crippen molar-refractivity contribution in [1.82, 2.24) is 5.32 Å². The fourth-order valence-electron chi connectivity index (χ4n) is 7.24. The molecule has 4 nitrogen and oxygen atoms in total. The zero-order valence-electron chi connectivity index (χ0n) is 28.5. The topological polar surface area (TPSA) is 42.9 Å². The zero-order valence-corrected chi connectivity index (χ0v) is 28.5. The number of hydrogen-bond acceptors (Lipinski definition) is 4. The Kier molecular flexibility index (Phi) is 7.14. The summed E-state index contributed by atoms with van der Waals surface area (Å²) in [7, 11) is -0.444. The summed E-state index contributed by atoms with van der Waals surface area (Å²) in [6, 6.07) is 43.4. The van der Waals surface area contributed by atoms with Crippen LogP contribution < -0.4 is 10.8 Å². The van der Waals surface area contributed by atoms with Gasteiger partial charge in [-0.15, -0.1) is 0 Å². The second kappa shape index (κ2) is 11.2. The Hall–Kier alpha value is -4.71. The highest BCUT2D eigenvalue weighted by Crippen LogP contribution is 2.49. The van der Waals surface area contributed by atoms with Gasteiger partial charge in [0.25, 0.3) is 0 Å². The lowest BCUT2D eigenvalue weighted by atomic mass is 9.78. The standard InChI is InChI=1S/C43H41BN2O2/c1-41(2)36-21-11-10-20-34(36)35-23-22-30(26-37(35)41)29-16-12-17-31(24-29)39-27-38(28-14-8-7-9-15-28)45-40(46-39)32-18-13-19-33(25-32)44-47-42(3,4)43(5,6)48-44/h7-27,39H,1-6H3,(H,45,46). The third-order valence-corrected chi connectivity index (χ3v) is 10.8. The molecule has 2 aliphatic heterocycles. The molecule has 238 valence electrons. The summed E-state index contributed by atoms with van der Waals surface area (Å²) in [5.74, 6) is 0.821. The normalized spacial score (nSPS) is 20.0. The largest absolute Gasteiger partial charge is 0.494 e. The Morgan fingerprint density at radius 1 is 0.583 bits per heavy atom. The molecule has 0 aromatic heterocycles. The molecule has 5 heteroatoms. The molecule has 1 fully saturated rings. The third kappa shape index (κ3) is 5.13. The Labute approximate surface area is 284 Å². The van der Waals surface area contributed by atoms with Crippen LogP contribution in [-0.2, 0) is 14.7 Å². The molecule has 5 aromatic carbocycles. The summed E-state index contributed by atoms with van der Waals surface area (Å²) in [4.78, 5) is 5.16. The van der Waals surface area contributed by atoms with Gasteiger partial charge in [-0.25, -0.2) is 4.99 Å². The number of nitrogens with zero attached hydrogens (tertiary/aromatic N) is 1. The van der Waals surface area contributed by atoms with Gasteiger partial charge in [0.15, 0.2) is 0 Å². The molecule has 1 saturated heterocycles. The second-order valence-corrected chi connectivity index (χ2v) is 14.8. The first-order valence-electron chi connectivity index (χ1n) is 16.9. The van der Waals surface area contributed by atoms with E-state index in [0.717, 1.165) is 28.1 Å². The summed E-state index contributed by atoms with van der Waals surface area (Å²) >= 11 is 0. The van der Waals surface area contributed by atoms with Gasteiger partial charge in [0.2, 0.25) is 0 Å². The van der Waals surface area contributed by atoms with Crippen LogP contribution in [0.5, 0.6) is 0 Å². The maximum absolute atomic E-state index is 6.39. The van der Waals surface area contributed by atoms with E-state index in [1.54, 1.807) is 0 Å². The van der Waals surface area contributed by atoms with Gasteiger partial charge in [-0.2, -0.15) is 0 Å². The Morgan fingerprint density at radius 3 is 2.02 bits per heavy atom. The number of hydrogen-bond donors (Lipinski definition) is 1. The lowest BCUT2D eigenvalue weighted by molar-refractivity contribution is 0.00578. The number of amidine groups is 1. The molecular formula is C43H41BN2O2. The summed E-state index contributed by atoms with van der Waals surface area (Å²) in [5, 5.41) is 3.77. The van der Waals surface area contributed by atoms with Gasteiger partial charge in [0.1, 0.15) is 5.84 Å². The van der Waals surface area contributed by atoms with Crippen molar-refractivity contribution < 1.29 is 9.31 Å². The fourth-order valence-corrected chi connectivity index (χ4v) is 7.24. The molecule has 0 saturated carbocycles. The van der Waals surface area contributed by atoms with Crippen molar-refractivity contribution in [2.45, 2.75) is 64.2 Å². The van der Waals surface area contributed by atoms with Gasteiger partial charge in [-0.3, -0.25) is 0 Å². The smallest absolute Gasteiger partial charge is 0.399 e. The quantitative estimate of drug-likeness (QED) is 0.198. The Bertz CT molecular complexity index is 2090. The minimum Gasteiger partial charge on any atom is -0.399 e. The molecule has 5 aromatic rings. The molecular weight excluding hydrogens is 587 g/mol. The van der Waals surface area contributed by atoms with E-state index < -0.39 is 18.3 Å². The van der Waals surface area contributed by atoms with Crippen LogP contribution in [0.4, 0.5) is 0 Å². The molecule has 8 rings (SSSR count). The summed E-state index contributed by atoms with van der Waals surface area (Å²) in [6.07, 6.45) is 2.23. The number of benzene rings is 5. The number of rotatable bonds is 5. The first kappa shape index (κ1) is 30.6. The molecule has 0 amide bonds. The zero-order chi connectivity index (χ0) is 33.3. The Morgan fingerprint density at radius 2 is 1.23 bits per heavy atom. The van der Waals surface area contributed by atoms with E-state index >= 15 is 0 Å². The van der Waals surface area contributed by atoms with Crippen LogP contribution in [0.2, 0.25) is 0 Å². The van der Waals surface area contributed by atoms with Gasteiger partial charge >= 0.3 is 7.12 Å². The number of nitrogens with one attached hydrogen (secondary N) is 1. The predicted molar refractivity (Wildman–Crippen MR) is 198 cm³/mol. The average molecular weight is 629 g/mol. The van der Waals surface area contributed by atoms with Gasteiger partial charge < -0.3 is 14.6 Å². The molecule has 1 N–H and O–H groups in total. The van der Waals surface area contributed by atoms with Crippen LogP contribution in [-0.4, -0.2) is 24.2 Å². The van der Waals surface area contributed by atoms with Crippen LogP contribution >= 0.6 is 0 Å². The Balaban J connectivity index is 1.15. The lowest BCUT2D eigenvalue weighted by Gasteiger charge is -2.32. The van der Waals surface area contributed by atoms with E-state index in [4.69, 9.17) is 14.3 Å². The van der Waals surface area contributed by atoms with Crippen LogP contribution in [0.15, 0.2) is 132 Å². The SMILES string of the molecule is CC1(C)c2ccccc2-c2ccc(-c3cccc(C4C=C(c5ccccc5)N=C(c5cccc(B6OC(C)(C)C(C)(C)O6)c5)N4)c3)cc21. The lowest BCUT2D eigenvalue weighted by Crippen LogP contribution is -2.41. The maximum atomic E-state index is 6.39. The van der Waals surface area contributed by atoms with Crippen molar-refractivity contribution in [3.05, 3.63) is 155 Å². The van der Waals surface area contributed by atoms with Crippen molar-refractivity contribution in [3.8, 4) is 22.3 Å². The fraction of sp³-hybridized carbons (Fsp3) is 0.233. The van der Waals surface area contributed by atoms with Gasteiger partial charge in [0, 0.05) is 11.0 Å². The molecule has 0 bridgehead atoms. The van der Waals surface area contributed by atoms with Crippen LogP contribution in [0, 0.1) is 0 Å². The van der Waals surface area contributed by atoms with Crippen LogP contribution in [0.25, 0.3) is 28.0 Å². The summed E-state index contributed by atoms with van der Waals surface area (Å²) in [5.41, 5.74) is 12.2. The van der Waals surface area contributed by atoms with E-state index in [9.17, 15) is 0 Å². The minimum absolute atomic E-state index is 0.0439. The highest BCUT2D eigenvalue weighted by atomic mass is 16.7. The van der Waals surface area contributed by atoms with E-state index in [1.807, 2.05) is 6.07 Å². The third-order valence-electron chi connectivity index (χ3n) is 10.8. The minimum atomic E-state index is -0.444. The first-order chi connectivity index (χ1) is 23.0. The van der Waals surface area contributed by atoms with E-state index in [1.165, 1.54) is 38.9 Å². The molecule has 3 aliphatic rings. The summed E-state index contributed by atoms with van der Waals surface area (Å²) in [6.45, 7) is 13.0. The van der Waals surface area contributed by atoms with Gasteiger partial charge in [0.05, 0.1) is 22.9 Å². The molecule has 0 spiro atoms. The first-order valence-corrected chi connectivity index (χ1v) is 16.9. The predicted octanol–water partition coefficient (Wildman–Crippen LogP) is 9.09.